The van der Waals surface area contributed by atoms with Crippen LogP contribution in [-0.2, 0) is 21.6 Å². The van der Waals surface area contributed by atoms with Crippen molar-refractivity contribution in [1.29, 1.82) is 0 Å². The zero-order chi connectivity index (χ0) is 19.4. The van der Waals surface area contributed by atoms with E-state index in [0.29, 0.717) is 31.0 Å². The van der Waals surface area contributed by atoms with E-state index in [4.69, 9.17) is 9.26 Å². The Morgan fingerprint density at radius 1 is 1.30 bits per heavy atom. The summed E-state index contributed by atoms with van der Waals surface area (Å²) in [6.07, 6.45) is 2.05. The minimum atomic E-state index is -0.584. The van der Waals surface area contributed by atoms with Gasteiger partial charge in [0.15, 0.2) is 5.82 Å². The van der Waals surface area contributed by atoms with Gasteiger partial charge in [0.05, 0.1) is 6.04 Å². The first-order chi connectivity index (χ1) is 12.9. The van der Waals surface area contributed by atoms with Crippen LogP contribution in [0.15, 0.2) is 34.9 Å². The summed E-state index contributed by atoms with van der Waals surface area (Å²) in [5.74, 6) is 1.30. The van der Waals surface area contributed by atoms with Crippen molar-refractivity contribution in [2.75, 3.05) is 34.3 Å². The molecule has 0 spiro atoms. The molecule has 7 nitrogen and oxygen atoms in total. The summed E-state index contributed by atoms with van der Waals surface area (Å²) in [5, 5.41) is 4.14. The molecular formula is C20H28N4O3. The number of rotatable bonds is 6. The number of amides is 1. The highest BCUT2D eigenvalue weighted by Gasteiger charge is 2.43. The minimum Gasteiger partial charge on any atom is -0.368 e. The molecule has 0 saturated carbocycles. The first kappa shape index (κ1) is 19.5. The Balaban J connectivity index is 1.68. The van der Waals surface area contributed by atoms with Crippen molar-refractivity contribution in [1.82, 2.24) is 19.9 Å². The van der Waals surface area contributed by atoms with Gasteiger partial charge in [-0.1, -0.05) is 35.5 Å². The van der Waals surface area contributed by atoms with Crippen molar-refractivity contribution in [3.63, 3.8) is 0 Å². The highest BCUT2D eigenvalue weighted by molar-refractivity contribution is 5.80. The van der Waals surface area contributed by atoms with E-state index in [1.807, 2.05) is 37.3 Å². The summed E-state index contributed by atoms with van der Waals surface area (Å²) in [5.41, 5.74) is 0.557. The lowest BCUT2D eigenvalue weighted by Gasteiger charge is -2.40. The maximum atomic E-state index is 12.2. The van der Waals surface area contributed by atoms with Crippen LogP contribution >= 0.6 is 0 Å². The Kier molecular flexibility index (Phi) is 5.92. The zero-order valence-electron chi connectivity index (χ0n) is 16.5. The number of hydrogen-bond acceptors (Lipinski definition) is 6. The molecular weight excluding hydrogens is 344 g/mol. The van der Waals surface area contributed by atoms with E-state index in [2.05, 4.69) is 15.0 Å². The van der Waals surface area contributed by atoms with E-state index < -0.39 is 5.60 Å². The van der Waals surface area contributed by atoms with Crippen LogP contribution < -0.4 is 0 Å². The molecule has 0 N–H and O–H groups in total. The van der Waals surface area contributed by atoms with Crippen LogP contribution in [0.4, 0.5) is 0 Å². The lowest BCUT2D eigenvalue weighted by molar-refractivity contribution is -0.137. The molecule has 3 rings (SSSR count). The molecule has 1 fully saturated rings. The molecule has 0 bridgehead atoms. The third-order valence-electron chi connectivity index (χ3n) is 5.41. The lowest BCUT2D eigenvalue weighted by Crippen LogP contribution is -2.51. The van der Waals surface area contributed by atoms with Gasteiger partial charge in [-0.25, -0.2) is 0 Å². The summed E-state index contributed by atoms with van der Waals surface area (Å²) >= 11 is 0. The number of methoxy groups -OCH3 is 1. The molecule has 1 amide bonds. The topological polar surface area (TPSA) is 71.7 Å². The number of benzene rings is 1. The van der Waals surface area contributed by atoms with E-state index in [9.17, 15) is 4.79 Å². The number of carbonyl (C=O) groups is 1. The molecule has 1 aliphatic rings. The molecule has 2 heterocycles. The van der Waals surface area contributed by atoms with Crippen molar-refractivity contribution in [3.05, 3.63) is 47.6 Å². The molecule has 146 valence electrons. The first-order valence-electron chi connectivity index (χ1n) is 9.32. The second kappa shape index (κ2) is 8.19. The van der Waals surface area contributed by atoms with Gasteiger partial charge < -0.3 is 14.2 Å². The van der Waals surface area contributed by atoms with E-state index in [1.54, 1.807) is 26.1 Å². The number of nitrogens with zero attached hydrogens (tertiary/aromatic N) is 4. The molecule has 1 saturated heterocycles. The Labute approximate surface area is 160 Å². The average molecular weight is 372 g/mol. The Morgan fingerprint density at radius 3 is 2.56 bits per heavy atom. The number of ether oxygens (including phenoxy) is 1. The van der Waals surface area contributed by atoms with Crippen molar-refractivity contribution in [2.24, 2.45) is 0 Å². The third kappa shape index (κ3) is 4.20. The van der Waals surface area contributed by atoms with Gasteiger partial charge in [0.25, 0.3) is 5.89 Å². The summed E-state index contributed by atoms with van der Waals surface area (Å²) in [6, 6.07) is 9.93. The molecule has 7 heteroatoms. The van der Waals surface area contributed by atoms with Gasteiger partial charge >= 0.3 is 0 Å². The summed E-state index contributed by atoms with van der Waals surface area (Å²) in [6.45, 7) is 3.43. The Hall–Kier alpha value is -2.25. The zero-order valence-corrected chi connectivity index (χ0v) is 16.5. The highest BCUT2D eigenvalue weighted by Crippen LogP contribution is 2.36. The maximum absolute atomic E-state index is 12.2. The van der Waals surface area contributed by atoms with Gasteiger partial charge in [-0.15, -0.1) is 0 Å². The fourth-order valence-corrected chi connectivity index (χ4v) is 3.60. The molecule has 1 aliphatic heterocycles. The second-order valence-electron chi connectivity index (χ2n) is 7.32. The number of piperidine rings is 1. The maximum Gasteiger partial charge on any atom is 0.258 e. The molecule has 27 heavy (non-hydrogen) atoms. The largest absolute Gasteiger partial charge is 0.368 e. The van der Waals surface area contributed by atoms with Crippen LogP contribution in [0.2, 0.25) is 0 Å². The predicted molar refractivity (Wildman–Crippen MR) is 101 cm³/mol. The van der Waals surface area contributed by atoms with Crippen LogP contribution in [0.1, 0.15) is 37.0 Å². The smallest absolute Gasteiger partial charge is 0.258 e. The van der Waals surface area contributed by atoms with Gasteiger partial charge in [-0.2, -0.15) is 4.98 Å². The van der Waals surface area contributed by atoms with Crippen molar-refractivity contribution < 1.29 is 14.1 Å². The fraction of sp³-hybridized carbons (Fsp3) is 0.550. The van der Waals surface area contributed by atoms with Crippen molar-refractivity contribution in [3.8, 4) is 0 Å². The van der Waals surface area contributed by atoms with Crippen LogP contribution in [-0.4, -0.2) is 66.2 Å². The Bertz CT molecular complexity index is 752. The quantitative estimate of drug-likeness (QED) is 0.773. The number of carbonyl (C=O) groups excluding carboxylic acids is 1. The molecule has 1 unspecified atom stereocenters. The SMILES string of the molecule is COC1(c2nc(Cc3ccccc3)no2)CCN(C(C)C(=O)N(C)C)CC1. The summed E-state index contributed by atoms with van der Waals surface area (Å²) in [4.78, 5) is 20.7. The van der Waals surface area contributed by atoms with E-state index in [0.717, 1.165) is 18.7 Å². The molecule has 1 aromatic carbocycles. The van der Waals surface area contributed by atoms with Gasteiger partial charge in [0.2, 0.25) is 5.91 Å². The molecule has 1 aromatic heterocycles. The van der Waals surface area contributed by atoms with E-state index >= 15 is 0 Å². The van der Waals surface area contributed by atoms with Gasteiger partial charge in [-0.3, -0.25) is 9.69 Å². The fourth-order valence-electron chi connectivity index (χ4n) is 3.60. The van der Waals surface area contributed by atoms with Crippen LogP contribution in [0.5, 0.6) is 0 Å². The molecule has 0 aliphatic carbocycles. The molecule has 1 atom stereocenters. The third-order valence-corrected chi connectivity index (χ3v) is 5.41. The standard InChI is InChI=1S/C20H28N4O3/c1-15(18(25)23(2)3)24-12-10-20(26-4,11-13-24)19-21-17(22-27-19)14-16-8-6-5-7-9-16/h5-9,15H,10-14H2,1-4H3. The van der Waals surface area contributed by atoms with Crippen molar-refractivity contribution in [2.45, 2.75) is 37.8 Å². The predicted octanol–water partition coefficient (Wildman–Crippen LogP) is 2.07. The second-order valence-corrected chi connectivity index (χ2v) is 7.32. The lowest BCUT2D eigenvalue weighted by atomic mass is 9.90. The highest BCUT2D eigenvalue weighted by atomic mass is 16.5. The van der Waals surface area contributed by atoms with Gasteiger partial charge in [0.1, 0.15) is 5.60 Å². The number of hydrogen-bond donors (Lipinski definition) is 0. The van der Waals surface area contributed by atoms with Gasteiger partial charge in [-0.05, 0) is 25.3 Å². The van der Waals surface area contributed by atoms with Gasteiger partial charge in [0, 0.05) is 40.7 Å². The summed E-state index contributed by atoms with van der Waals surface area (Å²) < 4.78 is 11.4. The normalized spacial score (nSPS) is 18.2. The number of likely N-dealkylation sites (N-methyl/N-ethyl adjacent to an activating group) is 1. The van der Waals surface area contributed by atoms with E-state index in [-0.39, 0.29) is 11.9 Å². The van der Waals surface area contributed by atoms with Crippen LogP contribution in [0.25, 0.3) is 0 Å². The Morgan fingerprint density at radius 2 is 1.96 bits per heavy atom. The minimum absolute atomic E-state index is 0.114. The summed E-state index contributed by atoms with van der Waals surface area (Å²) in [7, 11) is 5.26. The number of aromatic nitrogens is 2. The van der Waals surface area contributed by atoms with Crippen molar-refractivity contribution >= 4 is 5.91 Å². The molecule has 0 radical (unpaired) electrons. The number of likely N-dealkylation sites (tertiary alicyclic amines) is 1. The molecule has 2 aromatic rings. The average Bonchev–Trinajstić information content (AvgIpc) is 3.16. The van der Waals surface area contributed by atoms with Crippen LogP contribution in [0, 0.1) is 0 Å². The van der Waals surface area contributed by atoms with Crippen LogP contribution in [0.3, 0.4) is 0 Å². The monoisotopic (exact) mass is 372 g/mol. The first-order valence-corrected chi connectivity index (χ1v) is 9.32. The van der Waals surface area contributed by atoms with E-state index in [1.165, 1.54) is 0 Å².